The van der Waals surface area contributed by atoms with E-state index >= 15 is 0 Å². The van der Waals surface area contributed by atoms with E-state index in [1.54, 1.807) is 6.92 Å². The molecule has 0 saturated heterocycles. The van der Waals surface area contributed by atoms with E-state index in [-0.39, 0.29) is 16.8 Å². The van der Waals surface area contributed by atoms with Crippen LogP contribution in [0, 0.1) is 5.92 Å². The minimum Gasteiger partial charge on any atom is -0.393 e. The van der Waals surface area contributed by atoms with E-state index in [0.717, 1.165) is 19.5 Å². The van der Waals surface area contributed by atoms with Gasteiger partial charge < -0.3 is 15.5 Å². The number of carbonyl (C=O) groups is 1. The fourth-order valence-electron chi connectivity index (χ4n) is 1.40. The molecule has 0 spiro atoms. The fourth-order valence-corrected chi connectivity index (χ4v) is 1.50. The van der Waals surface area contributed by atoms with Crippen LogP contribution in [0.3, 0.4) is 0 Å². The summed E-state index contributed by atoms with van der Waals surface area (Å²) in [4.78, 5) is 16.1. The zero-order valence-corrected chi connectivity index (χ0v) is 11.5. The molecular formula is C11H23N3OS. The third kappa shape index (κ3) is 5.42. The fraction of sp³-hybridized carbons (Fsp3) is 0.818. The predicted molar refractivity (Wildman–Crippen MR) is 71.4 cm³/mol. The second-order valence-electron chi connectivity index (χ2n) is 4.20. The summed E-state index contributed by atoms with van der Waals surface area (Å²) in [7, 11) is 4.05. The molecule has 0 saturated carbocycles. The third-order valence-corrected chi connectivity index (χ3v) is 2.88. The Morgan fingerprint density at radius 1 is 1.38 bits per heavy atom. The Hall–Kier alpha value is -0.680. The smallest absolute Gasteiger partial charge is 0.232 e. The summed E-state index contributed by atoms with van der Waals surface area (Å²) in [5, 5.41) is 0. The first-order valence-corrected chi connectivity index (χ1v) is 6.03. The van der Waals surface area contributed by atoms with Crippen molar-refractivity contribution < 1.29 is 4.79 Å². The molecule has 0 rings (SSSR count). The SMILES string of the molecule is CCN(CCCN(C)C)C(=O)C(C)C(N)=S. The standard InChI is InChI=1S/C11H23N3OS/c1-5-14(8-6-7-13(3)4)11(15)9(2)10(12)16/h9H,5-8H2,1-4H3,(H2,12,16). The summed E-state index contributed by atoms with van der Waals surface area (Å²) in [6.07, 6.45) is 0.969. The zero-order valence-electron chi connectivity index (χ0n) is 10.7. The van der Waals surface area contributed by atoms with E-state index in [1.807, 2.05) is 25.9 Å². The van der Waals surface area contributed by atoms with Gasteiger partial charge in [-0.15, -0.1) is 0 Å². The van der Waals surface area contributed by atoms with Gasteiger partial charge in [0.1, 0.15) is 0 Å². The average molecular weight is 245 g/mol. The van der Waals surface area contributed by atoms with Crippen molar-refractivity contribution in [1.82, 2.24) is 9.80 Å². The van der Waals surface area contributed by atoms with Crippen LogP contribution in [0.15, 0.2) is 0 Å². The molecule has 0 aromatic rings. The molecule has 0 aliphatic carbocycles. The number of hydrogen-bond acceptors (Lipinski definition) is 3. The predicted octanol–water partition coefficient (Wildman–Crippen LogP) is 0.709. The lowest BCUT2D eigenvalue weighted by atomic mass is 10.1. The van der Waals surface area contributed by atoms with Crippen molar-refractivity contribution in [1.29, 1.82) is 0 Å². The molecule has 94 valence electrons. The number of thiocarbonyl (C=S) groups is 1. The highest BCUT2D eigenvalue weighted by atomic mass is 32.1. The second-order valence-corrected chi connectivity index (χ2v) is 4.67. The van der Waals surface area contributed by atoms with Gasteiger partial charge in [0, 0.05) is 13.1 Å². The molecule has 1 unspecified atom stereocenters. The number of rotatable bonds is 7. The first-order chi connectivity index (χ1) is 7.40. The van der Waals surface area contributed by atoms with Crippen LogP contribution in [0.2, 0.25) is 0 Å². The van der Waals surface area contributed by atoms with Crippen LogP contribution in [-0.4, -0.2) is 54.4 Å². The van der Waals surface area contributed by atoms with Crippen LogP contribution >= 0.6 is 12.2 Å². The Bertz CT molecular complexity index is 243. The number of nitrogens with two attached hydrogens (primary N) is 1. The normalized spacial score (nSPS) is 12.6. The highest BCUT2D eigenvalue weighted by molar-refractivity contribution is 7.80. The van der Waals surface area contributed by atoms with Crippen LogP contribution in [0.1, 0.15) is 20.3 Å². The Morgan fingerprint density at radius 2 is 1.94 bits per heavy atom. The first-order valence-electron chi connectivity index (χ1n) is 5.63. The van der Waals surface area contributed by atoms with Gasteiger partial charge in [0.15, 0.2) is 0 Å². The molecule has 0 heterocycles. The first kappa shape index (κ1) is 15.3. The number of nitrogens with zero attached hydrogens (tertiary/aromatic N) is 2. The molecule has 0 aliphatic heterocycles. The van der Waals surface area contributed by atoms with Gasteiger partial charge in [0.2, 0.25) is 5.91 Å². The molecule has 0 bridgehead atoms. The minimum atomic E-state index is -0.352. The lowest BCUT2D eigenvalue weighted by Gasteiger charge is -2.24. The number of carbonyl (C=O) groups excluding carboxylic acids is 1. The Morgan fingerprint density at radius 3 is 2.31 bits per heavy atom. The zero-order chi connectivity index (χ0) is 12.7. The van der Waals surface area contributed by atoms with Crippen LogP contribution < -0.4 is 5.73 Å². The largest absolute Gasteiger partial charge is 0.393 e. The van der Waals surface area contributed by atoms with E-state index in [2.05, 4.69) is 4.90 Å². The summed E-state index contributed by atoms with van der Waals surface area (Å²) in [6.45, 7) is 6.18. The van der Waals surface area contributed by atoms with Crippen LogP contribution in [0.25, 0.3) is 0 Å². The van der Waals surface area contributed by atoms with Crippen molar-refractivity contribution in [3.63, 3.8) is 0 Å². The Balaban J connectivity index is 4.17. The molecule has 0 aromatic carbocycles. The van der Waals surface area contributed by atoms with E-state index in [1.165, 1.54) is 0 Å². The molecule has 5 heteroatoms. The van der Waals surface area contributed by atoms with Crippen LogP contribution in [0.4, 0.5) is 0 Å². The molecule has 0 fully saturated rings. The highest BCUT2D eigenvalue weighted by Gasteiger charge is 2.20. The summed E-state index contributed by atoms with van der Waals surface area (Å²) < 4.78 is 0. The number of amides is 1. The molecule has 16 heavy (non-hydrogen) atoms. The van der Waals surface area contributed by atoms with E-state index in [9.17, 15) is 4.79 Å². The van der Waals surface area contributed by atoms with Crippen LogP contribution in [0.5, 0.6) is 0 Å². The van der Waals surface area contributed by atoms with Gasteiger partial charge in [-0.1, -0.05) is 12.2 Å². The Labute approximate surface area is 104 Å². The average Bonchev–Trinajstić information content (AvgIpc) is 2.21. The van der Waals surface area contributed by atoms with Gasteiger partial charge in [-0.3, -0.25) is 4.79 Å². The molecular weight excluding hydrogens is 222 g/mol. The van der Waals surface area contributed by atoms with Gasteiger partial charge in [-0.25, -0.2) is 0 Å². The maximum absolute atomic E-state index is 11.9. The van der Waals surface area contributed by atoms with Crippen molar-refractivity contribution in [2.75, 3.05) is 33.7 Å². The van der Waals surface area contributed by atoms with Gasteiger partial charge in [0.05, 0.1) is 10.9 Å². The van der Waals surface area contributed by atoms with Gasteiger partial charge >= 0.3 is 0 Å². The summed E-state index contributed by atoms with van der Waals surface area (Å²) >= 11 is 4.84. The molecule has 1 atom stereocenters. The van der Waals surface area contributed by atoms with E-state index < -0.39 is 0 Å². The van der Waals surface area contributed by atoms with Gasteiger partial charge in [-0.2, -0.15) is 0 Å². The highest BCUT2D eigenvalue weighted by Crippen LogP contribution is 2.04. The van der Waals surface area contributed by atoms with Crippen LogP contribution in [-0.2, 0) is 4.79 Å². The van der Waals surface area contributed by atoms with Crippen molar-refractivity contribution in [3.05, 3.63) is 0 Å². The summed E-state index contributed by atoms with van der Waals surface area (Å²) in [5.74, 6) is -0.317. The van der Waals surface area contributed by atoms with Crippen molar-refractivity contribution >= 4 is 23.1 Å². The minimum absolute atomic E-state index is 0.0359. The lowest BCUT2D eigenvalue weighted by molar-refractivity contribution is -0.132. The van der Waals surface area contributed by atoms with Crippen molar-refractivity contribution in [2.45, 2.75) is 20.3 Å². The second kappa shape index (κ2) is 7.57. The molecule has 0 radical (unpaired) electrons. The Kier molecular flexibility index (Phi) is 7.25. The number of hydrogen-bond donors (Lipinski definition) is 1. The monoisotopic (exact) mass is 245 g/mol. The maximum atomic E-state index is 11.9. The molecule has 2 N–H and O–H groups in total. The lowest BCUT2D eigenvalue weighted by Crippen LogP contribution is -2.40. The summed E-state index contributed by atoms with van der Waals surface area (Å²) in [5.41, 5.74) is 5.48. The van der Waals surface area contributed by atoms with Crippen molar-refractivity contribution in [3.8, 4) is 0 Å². The maximum Gasteiger partial charge on any atom is 0.232 e. The summed E-state index contributed by atoms with van der Waals surface area (Å²) in [6, 6.07) is 0. The topological polar surface area (TPSA) is 49.6 Å². The third-order valence-electron chi connectivity index (χ3n) is 2.52. The molecule has 1 amide bonds. The molecule has 4 nitrogen and oxygen atoms in total. The van der Waals surface area contributed by atoms with E-state index in [0.29, 0.717) is 6.54 Å². The molecule has 0 aromatic heterocycles. The van der Waals surface area contributed by atoms with Gasteiger partial charge in [-0.05, 0) is 40.9 Å². The quantitative estimate of drug-likeness (QED) is 0.671. The van der Waals surface area contributed by atoms with Gasteiger partial charge in [0.25, 0.3) is 0 Å². The molecule has 0 aliphatic rings. The van der Waals surface area contributed by atoms with Crippen molar-refractivity contribution in [2.24, 2.45) is 11.7 Å². The van der Waals surface area contributed by atoms with E-state index in [4.69, 9.17) is 18.0 Å².